The molecule has 1 atom stereocenters. The van der Waals surface area contributed by atoms with Gasteiger partial charge in [-0.1, -0.05) is 18.2 Å². The van der Waals surface area contributed by atoms with Crippen LogP contribution in [0.25, 0.3) is 22.4 Å². The molecule has 0 amide bonds. The Hall–Kier alpha value is -3.98. The van der Waals surface area contributed by atoms with Gasteiger partial charge in [-0.2, -0.15) is 0 Å². The van der Waals surface area contributed by atoms with Crippen LogP contribution in [0.3, 0.4) is 0 Å². The van der Waals surface area contributed by atoms with Crippen molar-refractivity contribution in [3.63, 3.8) is 0 Å². The van der Waals surface area contributed by atoms with Crippen molar-refractivity contribution in [3.8, 4) is 22.4 Å². The Morgan fingerprint density at radius 1 is 1.09 bits per heavy atom. The van der Waals surface area contributed by atoms with E-state index in [1.165, 1.54) is 24.7 Å². The lowest BCUT2D eigenvalue weighted by Gasteiger charge is -2.35. The van der Waals surface area contributed by atoms with Crippen molar-refractivity contribution in [2.75, 3.05) is 24.6 Å². The largest absolute Gasteiger partial charge is 0.370 e. The number of aromatic nitrogens is 5. The van der Waals surface area contributed by atoms with Crippen LogP contribution in [0.15, 0.2) is 72.3 Å². The maximum absolute atomic E-state index is 14.4. The fourth-order valence-corrected chi connectivity index (χ4v) is 4.15. The molecule has 0 N–H and O–H groups in total. The lowest BCUT2D eigenvalue weighted by atomic mass is 10.0. The molecule has 172 valence electrons. The van der Waals surface area contributed by atoms with E-state index in [1.54, 1.807) is 17.0 Å². The topological polar surface area (TPSA) is 86.0 Å². The second-order valence-corrected chi connectivity index (χ2v) is 7.94. The lowest BCUT2D eigenvalue weighted by molar-refractivity contribution is 0.0389. The van der Waals surface area contributed by atoms with Crippen LogP contribution in [0.2, 0.25) is 0 Å². The molecule has 1 unspecified atom stereocenters. The average Bonchev–Trinajstić information content (AvgIpc) is 2.89. The van der Waals surface area contributed by atoms with E-state index in [9.17, 15) is 9.18 Å². The number of hydrogen-bond acceptors (Lipinski definition) is 7. The molecule has 0 aliphatic carbocycles. The Balaban J connectivity index is 1.48. The molecule has 5 rings (SSSR count). The average molecular weight is 458 g/mol. The predicted octanol–water partition coefficient (Wildman–Crippen LogP) is 3.50. The third kappa shape index (κ3) is 4.29. The van der Waals surface area contributed by atoms with E-state index in [4.69, 9.17) is 9.72 Å². The molecule has 1 aromatic carbocycles. The van der Waals surface area contributed by atoms with Gasteiger partial charge in [-0.05, 0) is 30.2 Å². The summed E-state index contributed by atoms with van der Waals surface area (Å²) in [6, 6.07) is 11.0. The van der Waals surface area contributed by atoms with Gasteiger partial charge in [0.15, 0.2) is 5.82 Å². The molecule has 4 heterocycles. The zero-order chi connectivity index (χ0) is 23.5. The van der Waals surface area contributed by atoms with Gasteiger partial charge < -0.3 is 9.64 Å². The quantitative estimate of drug-likeness (QED) is 0.452. The van der Waals surface area contributed by atoms with E-state index >= 15 is 0 Å². The van der Waals surface area contributed by atoms with Crippen LogP contribution in [0.4, 0.5) is 10.3 Å². The van der Waals surface area contributed by atoms with Crippen molar-refractivity contribution in [3.05, 3.63) is 89.2 Å². The molecule has 1 saturated heterocycles. The SMILES string of the molecule is CCn1c(N2CCOC(c3cccc(-c4cncnc4)c3)C2)nc(-c2ccncc2F)cc1=O. The zero-order valence-corrected chi connectivity index (χ0v) is 18.6. The predicted molar refractivity (Wildman–Crippen MR) is 126 cm³/mol. The van der Waals surface area contributed by atoms with Gasteiger partial charge in [0.2, 0.25) is 5.95 Å². The Morgan fingerprint density at radius 3 is 2.74 bits per heavy atom. The van der Waals surface area contributed by atoms with Crippen LogP contribution in [0.1, 0.15) is 18.6 Å². The monoisotopic (exact) mass is 458 g/mol. The number of anilines is 1. The third-order valence-electron chi connectivity index (χ3n) is 5.85. The second-order valence-electron chi connectivity index (χ2n) is 7.94. The van der Waals surface area contributed by atoms with Crippen LogP contribution in [0.5, 0.6) is 0 Å². The molecule has 1 fully saturated rings. The van der Waals surface area contributed by atoms with Gasteiger partial charge >= 0.3 is 0 Å². The van der Waals surface area contributed by atoms with Crippen molar-refractivity contribution >= 4 is 5.95 Å². The minimum atomic E-state index is -0.517. The number of morpholine rings is 1. The van der Waals surface area contributed by atoms with Gasteiger partial charge in [0.25, 0.3) is 5.56 Å². The summed E-state index contributed by atoms with van der Waals surface area (Å²) in [5, 5.41) is 0. The first-order chi connectivity index (χ1) is 16.6. The van der Waals surface area contributed by atoms with Crippen LogP contribution in [-0.4, -0.2) is 44.2 Å². The molecule has 0 spiro atoms. The lowest BCUT2D eigenvalue weighted by Crippen LogP contribution is -2.42. The Labute approximate surface area is 195 Å². The Morgan fingerprint density at radius 2 is 1.94 bits per heavy atom. The van der Waals surface area contributed by atoms with Crippen LogP contribution in [0, 0.1) is 5.82 Å². The number of halogens is 1. The number of benzene rings is 1. The van der Waals surface area contributed by atoms with Crippen molar-refractivity contribution < 1.29 is 9.13 Å². The summed E-state index contributed by atoms with van der Waals surface area (Å²) in [6.07, 6.45) is 7.43. The molecular weight excluding hydrogens is 435 g/mol. The van der Waals surface area contributed by atoms with Gasteiger partial charge in [0.1, 0.15) is 12.4 Å². The highest BCUT2D eigenvalue weighted by Crippen LogP contribution is 2.29. The summed E-state index contributed by atoms with van der Waals surface area (Å²) in [4.78, 5) is 31.6. The molecule has 0 bridgehead atoms. The molecule has 4 aromatic rings. The highest BCUT2D eigenvalue weighted by molar-refractivity contribution is 5.63. The first-order valence-corrected chi connectivity index (χ1v) is 11.1. The van der Waals surface area contributed by atoms with Crippen molar-refractivity contribution in [2.24, 2.45) is 0 Å². The number of pyridine rings is 1. The smallest absolute Gasteiger partial charge is 0.255 e. The Kier molecular flexibility index (Phi) is 6.09. The minimum absolute atomic E-state index is 0.221. The molecule has 1 aliphatic rings. The number of nitrogens with zero attached hydrogens (tertiary/aromatic N) is 6. The van der Waals surface area contributed by atoms with E-state index in [-0.39, 0.29) is 17.2 Å². The van der Waals surface area contributed by atoms with Crippen LogP contribution in [-0.2, 0) is 11.3 Å². The third-order valence-corrected chi connectivity index (χ3v) is 5.85. The summed E-state index contributed by atoms with van der Waals surface area (Å²) in [5.41, 5.74) is 3.24. The first kappa shape index (κ1) is 21.8. The van der Waals surface area contributed by atoms with E-state index < -0.39 is 5.82 Å². The standard InChI is InChI=1S/C25H23FN6O2/c1-2-32-24(33)11-22(20-6-7-27-14-21(20)26)30-25(32)31-8-9-34-23(15-31)18-5-3-4-17(10-18)19-12-28-16-29-13-19/h3-7,10-14,16,23H,2,8-9,15H2,1H3. The molecule has 9 heteroatoms. The maximum Gasteiger partial charge on any atom is 0.255 e. The van der Waals surface area contributed by atoms with Gasteiger partial charge in [0.05, 0.1) is 25.0 Å². The fraction of sp³-hybridized carbons (Fsp3) is 0.240. The number of hydrogen-bond donors (Lipinski definition) is 0. The highest BCUT2D eigenvalue weighted by atomic mass is 19.1. The molecular formula is C25H23FN6O2. The summed E-state index contributed by atoms with van der Waals surface area (Å²) in [5.74, 6) is -0.0155. The number of ether oxygens (including phenoxy) is 1. The molecule has 8 nitrogen and oxygen atoms in total. The molecule has 0 saturated carbocycles. The summed E-state index contributed by atoms with van der Waals surface area (Å²) in [6.45, 7) is 3.88. The van der Waals surface area contributed by atoms with Crippen LogP contribution >= 0.6 is 0 Å². The highest BCUT2D eigenvalue weighted by Gasteiger charge is 2.26. The van der Waals surface area contributed by atoms with Crippen molar-refractivity contribution in [1.82, 2.24) is 24.5 Å². The summed E-state index contributed by atoms with van der Waals surface area (Å²) >= 11 is 0. The number of rotatable bonds is 5. The van der Waals surface area contributed by atoms with Crippen molar-refractivity contribution in [2.45, 2.75) is 19.6 Å². The summed E-state index contributed by atoms with van der Waals surface area (Å²) in [7, 11) is 0. The van der Waals surface area contributed by atoms with E-state index in [2.05, 4.69) is 21.0 Å². The van der Waals surface area contributed by atoms with Gasteiger partial charge in [-0.25, -0.2) is 19.3 Å². The van der Waals surface area contributed by atoms with Crippen LogP contribution < -0.4 is 10.5 Å². The molecule has 0 radical (unpaired) electrons. The van der Waals surface area contributed by atoms with Gasteiger partial charge in [0, 0.05) is 48.9 Å². The minimum Gasteiger partial charge on any atom is -0.370 e. The molecule has 1 aliphatic heterocycles. The maximum atomic E-state index is 14.4. The fourth-order valence-electron chi connectivity index (χ4n) is 4.15. The molecule has 3 aromatic heterocycles. The van der Waals surface area contributed by atoms with Gasteiger partial charge in [-0.3, -0.25) is 14.3 Å². The van der Waals surface area contributed by atoms with Crippen molar-refractivity contribution in [1.29, 1.82) is 0 Å². The zero-order valence-electron chi connectivity index (χ0n) is 18.6. The second kappa shape index (κ2) is 9.48. The summed E-state index contributed by atoms with van der Waals surface area (Å²) < 4.78 is 22.1. The normalized spacial score (nSPS) is 15.9. The van der Waals surface area contributed by atoms with E-state index in [1.807, 2.05) is 30.0 Å². The first-order valence-electron chi connectivity index (χ1n) is 11.1. The van der Waals surface area contributed by atoms with E-state index in [0.717, 1.165) is 22.9 Å². The van der Waals surface area contributed by atoms with Gasteiger partial charge in [-0.15, -0.1) is 0 Å². The van der Waals surface area contributed by atoms with E-state index in [0.29, 0.717) is 37.9 Å². The Bertz CT molecular complexity index is 1360. The molecule has 34 heavy (non-hydrogen) atoms.